The van der Waals surface area contributed by atoms with Gasteiger partial charge in [0, 0.05) is 36.4 Å². The van der Waals surface area contributed by atoms with Gasteiger partial charge in [-0.3, -0.25) is 4.98 Å². The summed E-state index contributed by atoms with van der Waals surface area (Å²) in [6.07, 6.45) is 4.17. The van der Waals surface area contributed by atoms with Gasteiger partial charge in [0.1, 0.15) is 11.6 Å². The molecule has 2 aromatic carbocycles. The minimum absolute atomic E-state index is 0.00103. The molecular weight excluding hydrogens is 518 g/mol. The molecule has 0 radical (unpaired) electrons. The van der Waals surface area contributed by atoms with Crippen molar-refractivity contribution in [3.05, 3.63) is 88.6 Å². The summed E-state index contributed by atoms with van der Waals surface area (Å²) in [5.41, 5.74) is 13.3. The van der Waals surface area contributed by atoms with Crippen molar-refractivity contribution in [2.24, 2.45) is 16.7 Å². The summed E-state index contributed by atoms with van der Waals surface area (Å²) < 4.78 is 7.02. The average Bonchev–Trinajstić information content (AvgIpc) is 3.26. The number of aryl methyl sites for hydroxylation is 1. The highest BCUT2D eigenvalue weighted by atomic mass is 35.5. The highest BCUT2D eigenvalue weighted by Crippen LogP contribution is 2.31. The van der Waals surface area contributed by atoms with Crippen molar-refractivity contribution in [1.82, 2.24) is 20.1 Å². The third-order valence-electron chi connectivity index (χ3n) is 6.31. The number of halogens is 1. The van der Waals surface area contributed by atoms with Gasteiger partial charge in [-0.2, -0.15) is 0 Å². The SMILES string of the molecule is CCCCc1nc(Cl)c(C(=O)O)n1Cc1ccc(-c2cc(-c3cc(OC)ccn3)ccc2/C(N)=N/NN)cc1. The molecule has 0 spiro atoms. The molecule has 202 valence electrons. The van der Waals surface area contributed by atoms with Crippen LogP contribution in [0.5, 0.6) is 5.75 Å². The Bertz CT molecular complexity index is 1500. The molecule has 11 heteroatoms. The number of hydrazine groups is 1. The minimum Gasteiger partial charge on any atom is -0.497 e. The number of methoxy groups -OCH3 is 1. The third-order valence-corrected chi connectivity index (χ3v) is 6.57. The number of hydrogen-bond donors (Lipinski definition) is 4. The monoisotopic (exact) mass is 547 g/mol. The van der Waals surface area contributed by atoms with Crippen LogP contribution in [-0.2, 0) is 13.0 Å². The average molecular weight is 548 g/mol. The predicted molar refractivity (Wildman–Crippen MR) is 152 cm³/mol. The Hall–Kier alpha value is -4.41. The molecule has 2 heterocycles. The van der Waals surface area contributed by atoms with E-state index >= 15 is 0 Å². The van der Waals surface area contributed by atoms with Crippen molar-refractivity contribution >= 4 is 23.4 Å². The third kappa shape index (κ3) is 6.19. The van der Waals surface area contributed by atoms with Gasteiger partial charge in [-0.25, -0.2) is 21.2 Å². The van der Waals surface area contributed by atoms with Crippen LogP contribution >= 0.6 is 11.6 Å². The van der Waals surface area contributed by atoms with E-state index in [0.29, 0.717) is 30.1 Å². The van der Waals surface area contributed by atoms with E-state index in [-0.39, 0.29) is 16.7 Å². The van der Waals surface area contributed by atoms with E-state index in [0.717, 1.165) is 40.8 Å². The number of rotatable bonds is 11. The first-order valence-electron chi connectivity index (χ1n) is 12.4. The molecule has 4 rings (SSSR count). The summed E-state index contributed by atoms with van der Waals surface area (Å²) in [6, 6.07) is 17.2. The fourth-order valence-corrected chi connectivity index (χ4v) is 4.61. The number of aromatic nitrogens is 3. The van der Waals surface area contributed by atoms with Crippen molar-refractivity contribution in [2.45, 2.75) is 32.7 Å². The lowest BCUT2D eigenvalue weighted by Crippen LogP contribution is -2.23. The Morgan fingerprint density at radius 2 is 1.90 bits per heavy atom. The molecule has 0 atom stereocenters. The number of pyridine rings is 1. The lowest BCUT2D eigenvalue weighted by atomic mass is 9.94. The zero-order chi connectivity index (χ0) is 27.9. The zero-order valence-electron chi connectivity index (χ0n) is 21.7. The van der Waals surface area contributed by atoms with Gasteiger partial charge in [0.2, 0.25) is 0 Å². The maximum absolute atomic E-state index is 11.9. The standard InChI is InChI=1S/C28H30ClN7O3/c1-3-4-5-24-33-26(29)25(28(37)38)36(24)16-17-6-8-18(9-7-17)22-14-19(10-11-21(22)27(30)34-35-31)23-15-20(39-2)12-13-32-23/h6-15,35H,3-5,16,31H2,1-2H3,(H2,30,34)(H,37,38). The second kappa shape index (κ2) is 12.4. The van der Waals surface area contributed by atoms with E-state index in [4.69, 9.17) is 27.9 Å². The predicted octanol–water partition coefficient (Wildman–Crippen LogP) is 4.45. The van der Waals surface area contributed by atoms with Crippen molar-refractivity contribution in [3.8, 4) is 28.1 Å². The Labute approximate surface area is 231 Å². The fourth-order valence-electron chi connectivity index (χ4n) is 4.33. The molecule has 0 amide bonds. The van der Waals surface area contributed by atoms with Gasteiger partial charge in [-0.1, -0.05) is 55.3 Å². The molecule has 39 heavy (non-hydrogen) atoms. The number of nitrogens with two attached hydrogens (primary N) is 2. The molecule has 4 aromatic rings. The summed E-state index contributed by atoms with van der Waals surface area (Å²) in [6.45, 7) is 2.39. The van der Waals surface area contributed by atoms with E-state index in [2.05, 4.69) is 27.5 Å². The molecule has 0 aliphatic rings. The van der Waals surface area contributed by atoms with Crippen LogP contribution in [0.1, 0.15) is 47.2 Å². The first-order chi connectivity index (χ1) is 18.9. The van der Waals surface area contributed by atoms with E-state index in [1.165, 1.54) is 0 Å². The summed E-state index contributed by atoms with van der Waals surface area (Å²) in [5, 5.41) is 13.7. The molecule has 0 bridgehead atoms. The normalized spacial score (nSPS) is 11.4. The molecule has 0 saturated heterocycles. The minimum atomic E-state index is -1.11. The number of unbranched alkanes of at least 4 members (excludes halogenated alkanes) is 1. The largest absolute Gasteiger partial charge is 0.497 e. The van der Waals surface area contributed by atoms with Gasteiger partial charge in [-0.15, -0.1) is 5.10 Å². The molecule has 6 N–H and O–H groups in total. The Kier molecular flexibility index (Phi) is 8.80. The number of ether oxygens (including phenoxy) is 1. The van der Waals surface area contributed by atoms with Gasteiger partial charge < -0.3 is 20.1 Å². The van der Waals surface area contributed by atoms with E-state index in [9.17, 15) is 9.90 Å². The van der Waals surface area contributed by atoms with Crippen LogP contribution < -0.4 is 21.8 Å². The molecule has 2 aromatic heterocycles. The van der Waals surface area contributed by atoms with E-state index in [1.807, 2.05) is 48.5 Å². The maximum atomic E-state index is 11.9. The number of carboxylic acid groups (broad SMARTS) is 1. The van der Waals surface area contributed by atoms with Crippen molar-refractivity contribution in [1.29, 1.82) is 0 Å². The molecule has 0 aliphatic heterocycles. The lowest BCUT2D eigenvalue weighted by molar-refractivity contribution is 0.0685. The second-order valence-electron chi connectivity index (χ2n) is 8.83. The van der Waals surface area contributed by atoms with Gasteiger partial charge >= 0.3 is 5.97 Å². The van der Waals surface area contributed by atoms with Crippen LogP contribution in [0, 0.1) is 0 Å². The topological polar surface area (TPSA) is 154 Å². The summed E-state index contributed by atoms with van der Waals surface area (Å²) in [4.78, 5) is 20.7. The van der Waals surface area contributed by atoms with Crippen molar-refractivity contribution < 1.29 is 14.6 Å². The molecule has 0 aliphatic carbocycles. The van der Waals surface area contributed by atoms with Gasteiger partial charge in [0.25, 0.3) is 0 Å². The highest BCUT2D eigenvalue weighted by molar-refractivity contribution is 6.32. The number of nitrogens with one attached hydrogen (secondary N) is 1. The first-order valence-corrected chi connectivity index (χ1v) is 12.7. The zero-order valence-corrected chi connectivity index (χ0v) is 22.4. The van der Waals surface area contributed by atoms with Crippen LogP contribution in [0.4, 0.5) is 0 Å². The number of imidazole rings is 1. The smallest absolute Gasteiger partial charge is 0.355 e. The molecular formula is C28H30ClN7O3. The van der Waals surface area contributed by atoms with Crippen LogP contribution in [0.3, 0.4) is 0 Å². The van der Waals surface area contributed by atoms with E-state index < -0.39 is 5.97 Å². The quantitative estimate of drug-likeness (QED) is 0.0929. The summed E-state index contributed by atoms with van der Waals surface area (Å²) in [5.74, 6) is 5.85. The van der Waals surface area contributed by atoms with Crippen LogP contribution in [0.15, 0.2) is 65.9 Å². The maximum Gasteiger partial charge on any atom is 0.355 e. The number of benzene rings is 2. The number of aromatic carboxylic acids is 1. The second-order valence-corrected chi connectivity index (χ2v) is 9.18. The molecule has 0 saturated carbocycles. The highest BCUT2D eigenvalue weighted by Gasteiger charge is 2.21. The van der Waals surface area contributed by atoms with E-state index in [1.54, 1.807) is 23.9 Å². The van der Waals surface area contributed by atoms with Gasteiger partial charge in [0.15, 0.2) is 16.7 Å². The summed E-state index contributed by atoms with van der Waals surface area (Å²) in [7, 11) is 1.61. The Morgan fingerprint density at radius 3 is 2.56 bits per heavy atom. The first kappa shape index (κ1) is 27.6. The van der Waals surface area contributed by atoms with Crippen molar-refractivity contribution in [2.75, 3.05) is 7.11 Å². The molecule has 0 fully saturated rings. The summed E-state index contributed by atoms with van der Waals surface area (Å²) >= 11 is 6.19. The van der Waals surface area contributed by atoms with Gasteiger partial charge in [-0.05, 0) is 41.3 Å². The van der Waals surface area contributed by atoms with Crippen molar-refractivity contribution in [3.63, 3.8) is 0 Å². The lowest BCUT2D eigenvalue weighted by Gasteiger charge is -2.14. The Balaban J connectivity index is 1.73. The van der Waals surface area contributed by atoms with Crippen LogP contribution in [-0.4, -0.2) is 38.6 Å². The number of carboxylic acids is 1. The van der Waals surface area contributed by atoms with Gasteiger partial charge in [0.05, 0.1) is 12.8 Å². The fraction of sp³-hybridized carbons (Fsp3) is 0.214. The number of nitrogens with zero attached hydrogens (tertiary/aromatic N) is 4. The number of carbonyl (C=O) groups is 1. The molecule has 0 unspecified atom stereocenters. The number of amidine groups is 1. The van der Waals surface area contributed by atoms with Crippen LogP contribution in [0.25, 0.3) is 22.4 Å². The molecule has 10 nitrogen and oxygen atoms in total. The Morgan fingerprint density at radius 1 is 1.15 bits per heavy atom. The number of hydrogen-bond acceptors (Lipinski definition) is 7. The number of hydrazone groups is 1. The van der Waals surface area contributed by atoms with Crippen LogP contribution in [0.2, 0.25) is 5.15 Å².